The van der Waals surface area contributed by atoms with Crippen molar-refractivity contribution in [3.8, 4) is 5.75 Å². The van der Waals surface area contributed by atoms with Crippen LogP contribution in [-0.2, 0) is 6.42 Å². The van der Waals surface area contributed by atoms with Gasteiger partial charge in [-0.2, -0.15) is 0 Å². The number of para-hydroxylation sites is 2. The lowest BCUT2D eigenvalue weighted by Crippen LogP contribution is -2.26. The van der Waals surface area contributed by atoms with Crippen molar-refractivity contribution in [2.24, 2.45) is 0 Å². The van der Waals surface area contributed by atoms with Gasteiger partial charge in [0.25, 0.3) is 5.91 Å². The van der Waals surface area contributed by atoms with Crippen molar-refractivity contribution >= 4 is 16.9 Å². The molecule has 2 N–H and O–H groups in total. The van der Waals surface area contributed by atoms with Gasteiger partial charge in [0.15, 0.2) is 5.82 Å². The van der Waals surface area contributed by atoms with E-state index >= 15 is 0 Å². The van der Waals surface area contributed by atoms with Gasteiger partial charge < -0.3 is 15.0 Å². The number of ether oxygens (including phenoxy) is 1. The summed E-state index contributed by atoms with van der Waals surface area (Å²) >= 11 is 0. The number of hydrogen-bond acceptors (Lipinski definition) is 3. The molecule has 0 saturated heterocycles. The SMILES string of the molecule is COc1ccc(CCNC(=O)c2nc3ccccc3[nH]2)cc1. The van der Waals surface area contributed by atoms with Crippen LogP contribution in [0.1, 0.15) is 16.2 Å². The van der Waals surface area contributed by atoms with Crippen molar-refractivity contribution < 1.29 is 9.53 Å². The Labute approximate surface area is 128 Å². The molecular weight excluding hydrogens is 278 g/mol. The van der Waals surface area contributed by atoms with Crippen molar-refractivity contribution in [1.82, 2.24) is 15.3 Å². The molecule has 0 aliphatic carbocycles. The van der Waals surface area contributed by atoms with E-state index in [2.05, 4.69) is 15.3 Å². The number of carbonyl (C=O) groups is 1. The third-order valence-corrected chi connectivity index (χ3v) is 3.46. The number of nitrogens with zero attached hydrogens (tertiary/aromatic N) is 1. The first kappa shape index (κ1) is 14.1. The minimum Gasteiger partial charge on any atom is -0.497 e. The summed E-state index contributed by atoms with van der Waals surface area (Å²) in [6.07, 6.45) is 0.760. The highest BCUT2D eigenvalue weighted by molar-refractivity contribution is 5.94. The average Bonchev–Trinajstić information content (AvgIpc) is 2.99. The van der Waals surface area contributed by atoms with E-state index in [-0.39, 0.29) is 5.91 Å². The summed E-state index contributed by atoms with van der Waals surface area (Å²) in [4.78, 5) is 19.4. The molecule has 0 fully saturated rings. The molecule has 0 saturated carbocycles. The van der Waals surface area contributed by atoms with Crippen molar-refractivity contribution in [2.75, 3.05) is 13.7 Å². The van der Waals surface area contributed by atoms with Gasteiger partial charge in [-0.15, -0.1) is 0 Å². The Morgan fingerprint density at radius 2 is 1.95 bits per heavy atom. The maximum absolute atomic E-state index is 12.1. The predicted octanol–water partition coefficient (Wildman–Crippen LogP) is 2.54. The van der Waals surface area contributed by atoms with E-state index in [1.165, 1.54) is 0 Å². The standard InChI is InChI=1S/C17H17N3O2/c1-22-13-8-6-12(7-9-13)10-11-18-17(21)16-19-14-4-2-3-5-15(14)20-16/h2-9H,10-11H2,1H3,(H,18,21)(H,19,20). The first-order valence-corrected chi connectivity index (χ1v) is 7.12. The Balaban J connectivity index is 1.57. The highest BCUT2D eigenvalue weighted by Crippen LogP contribution is 2.12. The summed E-state index contributed by atoms with van der Waals surface area (Å²) < 4.78 is 5.12. The zero-order valence-corrected chi connectivity index (χ0v) is 12.3. The first-order chi connectivity index (χ1) is 10.8. The Morgan fingerprint density at radius 3 is 2.68 bits per heavy atom. The number of fused-ring (bicyclic) bond motifs is 1. The van der Waals surface area contributed by atoms with Gasteiger partial charge in [-0.25, -0.2) is 4.98 Å². The molecule has 2 aromatic carbocycles. The number of nitrogens with one attached hydrogen (secondary N) is 2. The summed E-state index contributed by atoms with van der Waals surface area (Å²) in [5.41, 5.74) is 2.80. The van der Waals surface area contributed by atoms with E-state index in [9.17, 15) is 4.79 Å². The van der Waals surface area contributed by atoms with Crippen LogP contribution in [0.2, 0.25) is 0 Å². The number of imidazole rings is 1. The van der Waals surface area contributed by atoms with Crippen LogP contribution >= 0.6 is 0 Å². The third kappa shape index (κ3) is 3.09. The Bertz CT molecular complexity index is 745. The zero-order chi connectivity index (χ0) is 15.4. The van der Waals surface area contributed by atoms with Crippen molar-refractivity contribution in [3.05, 3.63) is 59.9 Å². The molecule has 1 aromatic heterocycles. The predicted molar refractivity (Wildman–Crippen MR) is 85.1 cm³/mol. The van der Waals surface area contributed by atoms with Crippen LogP contribution in [0.15, 0.2) is 48.5 Å². The lowest BCUT2D eigenvalue weighted by Gasteiger charge is -2.05. The summed E-state index contributed by atoms with van der Waals surface area (Å²) in [6, 6.07) is 15.4. The highest BCUT2D eigenvalue weighted by Gasteiger charge is 2.10. The van der Waals surface area contributed by atoms with Crippen LogP contribution < -0.4 is 10.1 Å². The van der Waals surface area contributed by atoms with Gasteiger partial charge in [0.1, 0.15) is 5.75 Å². The number of aromatic nitrogens is 2. The van der Waals surface area contributed by atoms with Crippen molar-refractivity contribution in [3.63, 3.8) is 0 Å². The number of methoxy groups -OCH3 is 1. The molecular formula is C17H17N3O2. The van der Waals surface area contributed by atoms with Crippen LogP contribution in [0.5, 0.6) is 5.75 Å². The third-order valence-electron chi connectivity index (χ3n) is 3.46. The molecule has 5 nitrogen and oxygen atoms in total. The molecule has 0 aliphatic rings. The Morgan fingerprint density at radius 1 is 1.18 bits per heavy atom. The maximum atomic E-state index is 12.1. The van der Waals surface area contributed by atoms with E-state index in [1.807, 2.05) is 48.5 Å². The molecule has 22 heavy (non-hydrogen) atoms. The van der Waals surface area contributed by atoms with E-state index in [0.717, 1.165) is 28.8 Å². The van der Waals surface area contributed by atoms with Gasteiger partial charge in [-0.1, -0.05) is 24.3 Å². The van der Waals surface area contributed by atoms with E-state index in [4.69, 9.17) is 4.74 Å². The van der Waals surface area contributed by atoms with Crippen molar-refractivity contribution in [1.29, 1.82) is 0 Å². The fraction of sp³-hybridized carbons (Fsp3) is 0.176. The van der Waals surface area contributed by atoms with E-state index in [1.54, 1.807) is 7.11 Å². The lowest BCUT2D eigenvalue weighted by molar-refractivity contribution is 0.0945. The van der Waals surface area contributed by atoms with E-state index < -0.39 is 0 Å². The zero-order valence-electron chi connectivity index (χ0n) is 12.3. The number of carbonyl (C=O) groups excluding carboxylic acids is 1. The van der Waals surface area contributed by atoms with E-state index in [0.29, 0.717) is 12.4 Å². The molecule has 112 valence electrons. The second kappa shape index (κ2) is 6.30. The minimum absolute atomic E-state index is 0.190. The molecule has 0 atom stereocenters. The van der Waals surface area contributed by atoms with Gasteiger partial charge in [0, 0.05) is 6.54 Å². The monoisotopic (exact) mass is 295 g/mol. The largest absolute Gasteiger partial charge is 0.497 e. The number of amides is 1. The average molecular weight is 295 g/mol. The maximum Gasteiger partial charge on any atom is 0.287 e. The molecule has 0 unspecified atom stereocenters. The van der Waals surface area contributed by atoms with Gasteiger partial charge in [0.2, 0.25) is 0 Å². The summed E-state index contributed by atoms with van der Waals surface area (Å²) in [7, 11) is 1.64. The normalized spacial score (nSPS) is 10.6. The molecule has 3 aromatic rings. The fourth-order valence-electron chi connectivity index (χ4n) is 2.26. The van der Waals surface area contributed by atoms with Gasteiger partial charge >= 0.3 is 0 Å². The van der Waals surface area contributed by atoms with Crippen LogP contribution in [0.25, 0.3) is 11.0 Å². The van der Waals surface area contributed by atoms with Gasteiger partial charge in [0.05, 0.1) is 18.1 Å². The number of H-pyrrole nitrogens is 1. The fourth-order valence-corrected chi connectivity index (χ4v) is 2.26. The lowest BCUT2D eigenvalue weighted by atomic mass is 10.1. The number of rotatable bonds is 5. The molecule has 0 spiro atoms. The topological polar surface area (TPSA) is 67.0 Å². The molecule has 1 heterocycles. The second-order valence-electron chi connectivity index (χ2n) is 4.96. The molecule has 3 rings (SSSR count). The number of hydrogen-bond donors (Lipinski definition) is 2. The molecule has 0 aliphatic heterocycles. The van der Waals surface area contributed by atoms with Gasteiger partial charge in [-0.05, 0) is 36.2 Å². The molecule has 1 amide bonds. The summed E-state index contributed by atoms with van der Waals surface area (Å²) in [6.45, 7) is 0.558. The van der Waals surface area contributed by atoms with Crippen LogP contribution in [0, 0.1) is 0 Å². The first-order valence-electron chi connectivity index (χ1n) is 7.12. The van der Waals surface area contributed by atoms with Gasteiger partial charge in [-0.3, -0.25) is 4.79 Å². The quantitative estimate of drug-likeness (QED) is 0.760. The highest BCUT2D eigenvalue weighted by atomic mass is 16.5. The van der Waals surface area contributed by atoms with Crippen LogP contribution in [0.3, 0.4) is 0 Å². The smallest absolute Gasteiger partial charge is 0.287 e. The van der Waals surface area contributed by atoms with Crippen molar-refractivity contribution in [2.45, 2.75) is 6.42 Å². The molecule has 0 bridgehead atoms. The number of aromatic amines is 1. The number of benzene rings is 2. The Hall–Kier alpha value is -2.82. The van der Waals surface area contributed by atoms with Crippen LogP contribution in [-0.4, -0.2) is 29.5 Å². The van der Waals surface area contributed by atoms with Crippen LogP contribution in [0.4, 0.5) is 0 Å². The minimum atomic E-state index is -0.190. The summed E-state index contributed by atoms with van der Waals surface area (Å²) in [5.74, 6) is 0.982. The Kier molecular flexibility index (Phi) is 4.05. The molecule has 0 radical (unpaired) electrons. The second-order valence-corrected chi connectivity index (χ2v) is 4.96. The summed E-state index contributed by atoms with van der Waals surface area (Å²) in [5, 5.41) is 2.87. The molecule has 5 heteroatoms.